The number of carbonyl (C=O) groups excluding carboxylic acids is 4. The van der Waals surface area contributed by atoms with Crippen LogP contribution in [0, 0.1) is 17.1 Å². The number of aryl methyl sites for hydroxylation is 1. The number of nitrogens with one attached hydrogen (secondary N) is 1. The molecular weight excluding hydrogens is 896 g/mol. The number of hydrogen-bond acceptors (Lipinski definition) is 13. The monoisotopic (exact) mass is 947 g/mol. The molecule has 19 heteroatoms. The number of nitriles is 1. The molecule has 0 saturated carbocycles. The van der Waals surface area contributed by atoms with Crippen LogP contribution in [-0.4, -0.2) is 119 Å². The van der Waals surface area contributed by atoms with Crippen molar-refractivity contribution in [2.24, 2.45) is 7.05 Å². The van der Waals surface area contributed by atoms with E-state index in [9.17, 15) is 24.4 Å². The molecule has 0 bridgehead atoms. The third-order valence-electron chi connectivity index (χ3n) is 13.9. The third kappa shape index (κ3) is 8.83. The molecule has 4 amide bonds. The number of amides is 4. The van der Waals surface area contributed by atoms with Crippen molar-refractivity contribution in [1.29, 1.82) is 5.26 Å². The summed E-state index contributed by atoms with van der Waals surface area (Å²) in [5.74, 6) is -4.43. The van der Waals surface area contributed by atoms with Crippen LogP contribution in [0.4, 0.5) is 19.0 Å². The lowest BCUT2D eigenvalue weighted by atomic mass is 9.77. The molecule has 69 heavy (non-hydrogen) atoms. The zero-order valence-electron chi connectivity index (χ0n) is 38.8. The van der Waals surface area contributed by atoms with Crippen LogP contribution in [-0.2, 0) is 28.0 Å². The predicted molar refractivity (Wildman–Crippen MR) is 246 cm³/mol. The maximum absolute atomic E-state index is 15.8. The van der Waals surface area contributed by atoms with E-state index in [0.29, 0.717) is 98.2 Å². The summed E-state index contributed by atoms with van der Waals surface area (Å²) in [6, 6.07) is 16.1. The van der Waals surface area contributed by atoms with E-state index in [1.165, 1.54) is 60.5 Å². The number of ether oxygens (including phenoxy) is 3. The number of benzene rings is 3. The number of piperidine rings is 2. The Morgan fingerprint density at radius 3 is 2.36 bits per heavy atom. The van der Waals surface area contributed by atoms with E-state index in [4.69, 9.17) is 14.2 Å². The number of piperazine rings is 1. The molecule has 0 aliphatic carbocycles. The number of nitrogens with zero attached hydrogens (tertiary/aromatic N) is 8. The Kier molecular flexibility index (Phi) is 12.8. The van der Waals surface area contributed by atoms with Gasteiger partial charge in [0.05, 0.1) is 66.5 Å². The second kappa shape index (κ2) is 18.8. The van der Waals surface area contributed by atoms with E-state index in [0.717, 1.165) is 4.90 Å². The lowest BCUT2D eigenvalue weighted by Gasteiger charge is -2.43. The van der Waals surface area contributed by atoms with Crippen LogP contribution in [0.1, 0.15) is 89.5 Å². The minimum atomic E-state index is -3.18. The van der Waals surface area contributed by atoms with E-state index < -0.39 is 47.5 Å². The number of aromatic nitrogens is 3. The Morgan fingerprint density at radius 2 is 1.68 bits per heavy atom. The Morgan fingerprint density at radius 1 is 0.942 bits per heavy atom. The fourth-order valence-corrected chi connectivity index (χ4v) is 10.1. The lowest BCUT2D eigenvalue weighted by molar-refractivity contribution is -0.137. The maximum Gasteiger partial charge on any atom is 0.285 e. The van der Waals surface area contributed by atoms with Crippen molar-refractivity contribution in [3.63, 3.8) is 0 Å². The van der Waals surface area contributed by atoms with Gasteiger partial charge in [-0.15, -0.1) is 0 Å². The van der Waals surface area contributed by atoms with Gasteiger partial charge in [-0.25, -0.2) is 9.37 Å². The number of alkyl halides is 2. The van der Waals surface area contributed by atoms with Crippen LogP contribution in [0.25, 0.3) is 10.9 Å². The first kappa shape index (κ1) is 47.0. The molecule has 2 atom stereocenters. The Labute approximate surface area is 396 Å². The van der Waals surface area contributed by atoms with Gasteiger partial charge in [0.1, 0.15) is 11.6 Å². The summed E-state index contributed by atoms with van der Waals surface area (Å²) in [4.78, 5) is 64.6. The summed E-state index contributed by atoms with van der Waals surface area (Å²) >= 11 is 0. The van der Waals surface area contributed by atoms with E-state index in [-0.39, 0.29) is 59.4 Å². The number of likely N-dealkylation sites (tertiary alicyclic amines) is 1. The first-order valence-electron chi connectivity index (χ1n) is 23.1. The number of imide groups is 2. The zero-order valence-corrected chi connectivity index (χ0v) is 38.8. The summed E-state index contributed by atoms with van der Waals surface area (Å²) in [6.07, 6.45) is 3.14. The molecule has 3 aromatic carbocycles. The van der Waals surface area contributed by atoms with Gasteiger partial charge in [-0.1, -0.05) is 6.07 Å². The van der Waals surface area contributed by atoms with Crippen LogP contribution < -0.4 is 24.4 Å². The van der Waals surface area contributed by atoms with Crippen molar-refractivity contribution in [3.05, 3.63) is 101 Å². The molecule has 3 saturated heterocycles. The van der Waals surface area contributed by atoms with Gasteiger partial charge in [-0.3, -0.25) is 43.9 Å². The zero-order chi connectivity index (χ0) is 48.8. The highest BCUT2D eigenvalue weighted by molar-refractivity contribution is 6.23. The van der Waals surface area contributed by atoms with Gasteiger partial charge < -0.3 is 19.1 Å². The van der Waals surface area contributed by atoms with Crippen molar-refractivity contribution in [2.75, 3.05) is 64.4 Å². The standard InChI is InChI=1S/C50H52F3N9O7/c1-5-68-41-26-30(6-11-39(41)67-4)37(13-18-54)62-46(64)34-14-19-55-45(43(34)47(62)65)61-24-22-60(23-25-61)32-15-20-59(21-16-32)29-50(52,53)31-7-9-33(10-8-31)69-40-28-38-35(27-36(40)51)44(57-58(38)3)49(2)17-12-42(63)56-48(49)66/h6-11,14,19,26-28,32,37H,5,12-13,15-17,20-25,29H2,1-4H3,(H,56,63,66)/t37-,49-/m1/s1. The number of carbonyl (C=O) groups is 4. The van der Waals surface area contributed by atoms with Gasteiger partial charge in [-0.2, -0.15) is 19.1 Å². The maximum atomic E-state index is 15.8. The summed E-state index contributed by atoms with van der Waals surface area (Å²) in [7, 11) is 3.17. The smallest absolute Gasteiger partial charge is 0.285 e. The minimum Gasteiger partial charge on any atom is -0.493 e. The van der Waals surface area contributed by atoms with Crippen molar-refractivity contribution in [1.82, 2.24) is 34.8 Å². The summed E-state index contributed by atoms with van der Waals surface area (Å²) < 4.78 is 65.6. The minimum absolute atomic E-state index is 0.126. The number of anilines is 1. The Balaban J connectivity index is 0.790. The molecule has 2 aromatic heterocycles. The van der Waals surface area contributed by atoms with Crippen molar-refractivity contribution in [3.8, 4) is 29.1 Å². The normalized spacial score (nSPS) is 20.0. The van der Waals surface area contributed by atoms with Gasteiger partial charge in [-0.05, 0) is 100 Å². The first-order chi connectivity index (χ1) is 33.1. The molecule has 9 rings (SSSR count). The topological polar surface area (TPSA) is 175 Å². The van der Waals surface area contributed by atoms with Crippen molar-refractivity contribution >= 4 is 40.3 Å². The molecule has 6 heterocycles. The van der Waals surface area contributed by atoms with E-state index in [1.54, 1.807) is 37.1 Å². The van der Waals surface area contributed by atoms with Gasteiger partial charge >= 0.3 is 0 Å². The summed E-state index contributed by atoms with van der Waals surface area (Å²) in [5.41, 5.74) is 0.502. The molecule has 5 aromatic rings. The van der Waals surface area contributed by atoms with Crippen LogP contribution in [0.3, 0.4) is 0 Å². The summed E-state index contributed by atoms with van der Waals surface area (Å²) in [6.45, 7) is 6.73. The number of fused-ring (bicyclic) bond motifs is 2. The van der Waals surface area contributed by atoms with Crippen LogP contribution in [0.2, 0.25) is 0 Å². The molecule has 1 N–H and O–H groups in total. The van der Waals surface area contributed by atoms with Crippen LogP contribution in [0.5, 0.6) is 23.0 Å². The summed E-state index contributed by atoms with van der Waals surface area (Å²) in [5, 5.41) is 17.1. The molecule has 0 radical (unpaired) electrons. The Bertz CT molecular complexity index is 2870. The number of pyridine rings is 1. The lowest BCUT2D eigenvalue weighted by Crippen LogP contribution is -2.54. The molecule has 360 valence electrons. The van der Waals surface area contributed by atoms with E-state index in [2.05, 4.69) is 26.4 Å². The molecule has 0 spiro atoms. The third-order valence-corrected chi connectivity index (χ3v) is 13.9. The molecule has 0 unspecified atom stereocenters. The predicted octanol–water partition coefficient (Wildman–Crippen LogP) is 6.63. The second-order valence-electron chi connectivity index (χ2n) is 18.1. The van der Waals surface area contributed by atoms with Gasteiger partial charge in [0.2, 0.25) is 11.8 Å². The molecule has 4 aliphatic heterocycles. The fourth-order valence-electron chi connectivity index (χ4n) is 10.1. The average molecular weight is 948 g/mol. The number of rotatable bonds is 14. The first-order valence-corrected chi connectivity index (χ1v) is 23.1. The average Bonchev–Trinajstić information content (AvgIpc) is 3.80. The largest absolute Gasteiger partial charge is 0.493 e. The van der Waals surface area contributed by atoms with Crippen LogP contribution >= 0.6 is 0 Å². The van der Waals surface area contributed by atoms with Gasteiger partial charge in [0.25, 0.3) is 17.7 Å². The van der Waals surface area contributed by atoms with Gasteiger partial charge in [0, 0.05) is 68.9 Å². The molecule has 16 nitrogen and oxygen atoms in total. The van der Waals surface area contributed by atoms with Crippen LogP contribution in [0.15, 0.2) is 66.9 Å². The second-order valence-corrected chi connectivity index (χ2v) is 18.1. The SMILES string of the molecule is CCOc1cc([C@@H](CC#N)N2C(=O)c3ccnc(N4CCN(C5CCN(CC(F)(F)c6ccc(Oc7cc8c(cc7F)c([C@@]7(C)CCC(=O)NC7=O)nn8C)cc6)CC5)CC4)c3C2=O)ccc1OC. The Hall–Kier alpha value is -7.04. The molecular formula is C50H52F3N9O7. The van der Waals surface area contributed by atoms with E-state index in [1.807, 2.05) is 11.8 Å². The van der Waals surface area contributed by atoms with Crippen molar-refractivity contribution < 1.29 is 46.6 Å². The van der Waals surface area contributed by atoms with Crippen molar-refractivity contribution in [2.45, 2.75) is 69.4 Å². The van der Waals surface area contributed by atoms with E-state index >= 15 is 13.2 Å². The highest BCUT2D eigenvalue weighted by Crippen LogP contribution is 2.42. The molecule has 3 fully saturated rings. The quantitative estimate of drug-likeness (QED) is 0.118. The highest BCUT2D eigenvalue weighted by atomic mass is 19.3. The van der Waals surface area contributed by atoms with Gasteiger partial charge in [0.15, 0.2) is 23.1 Å². The highest BCUT2D eigenvalue weighted by Gasteiger charge is 2.46. The number of methoxy groups -OCH3 is 1. The number of hydrogen-bond donors (Lipinski definition) is 1. The number of halogens is 3. The fraction of sp³-hybridized carbons (Fsp3) is 0.420. The molecule has 4 aliphatic rings.